The fraction of sp³-hybridized carbons (Fsp3) is 0.222. The zero-order chi connectivity index (χ0) is 17.6. The molecule has 0 N–H and O–H groups in total. The summed E-state index contributed by atoms with van der Waals surface area (Å²) in [4.78, 5) is 19.5. The minimum Gasteiger partial charge on any atom is -0.440 e. The normalized spacial score (nSPS) is 13.8. The summed E-state index contributed by atoms with van der Waals surface area (Å²) >= 11 is 1.46. The van der Waals surface area contributed by atoms with E-state index >= 15 is 0 Å². The third-order valence-corrected chi connectivity index (χ3v) is 5.07. The number of hydrogen-bond donors (Lipinski definition) is 0. The van der Waals surface area contributed by atoms with Gasteiger partial charge in [0.05, 0.1) is 10.6 Å². The predicted octanol–water partition coefficient (Wildman–Crippen LogP) is 4.58. The quantitative estimate of drug-likeness (QED) is 0.672. The van der Waals surface area contributed by atoms with E-state index < -0.39 is 17.5 Å². The molecule has 0 saturated heterocycles. The summed E-state index contributed by atoms with van der Waals surface area (Å²) in [5, 5.41) is 1.89. The molecule has 128 valence electrons. The van der Waals surface area contributed by atoms with Crippen molar-refractivity contribution < 1.29 is 18.0 Å². The first-order chi connectivity index (χ1) is 12.0. The third-order valence-electron chi connectivity index (χ3n) is 4.21. The highest BCUT2D eigenvalue weighted by atomic mass is 32.1. The molecule has 7 heteroatoms. The van der Waals surface area contributed by atoms with Crippen LogP contribution in [0, 0.1) is 18.6 Å². The van der Waals surface area contributed by atoms with E-state index in [2.05, 4.69) is 4.98 Å². The molecule has 1 aliphatic rings. The lowest BCUT2D eigenvalue weighted by molar-refractivity contribution is 0.0979. The second-order valence-electron chi connectivity index (χ2n) is 5.85. The van der Waals surface area contributed by atoms with Gasteiger partial charge in [-0.3, -0.25) is 4.79 Å². The second kappa shape index (κ2) is 6.07. The summed E-state index contributed by atoms with van der Waals surface area (Å²) in [5.41, 5.74) is 0.801. The third kappa shape index (κ3) is 2.74. The fourth-order valence-electron chi connectivity index (χ4n) is 3.05. The molecule has 0 radical (unpaired) electrons. The van der Waals surface area contributed by atoms with Crippen LogP contribution in [0.3, 0.4) is 0 Å². The van der Waals surface area contributed by atoms with Crippen LogP contribution in [-0.2, 0) is 6.42 Å². The second-order valence-corrected chi connectivity index (χ2v) is 6.79. The molecule has 3 aromatic rings. The van der Waals surface area contributed by atoms with E-state index in [0.29, 0.717) is 36.6 Å². The molecule has 1 amide bonds. The molecule has 4 nitrogen and oxygen atoms in total. The average molecular weight is 360 g/mol. The summed E-state index contributed by atoms with van der Waals surface area (Å²) in [7, 11) is 0. The van der Waals surface area contributed by atoms with Crippen LogP contribution in [-0.4, -0.2) is 17.4 Å². The number of thiophene rings is 1. The number of halogens is 2. The molecule has 0 spiro atoms. The van der Waals surface area contributed by atoms with Gasteiger partial charge in [-0.05, 0) is 37.3 Å². The molecular weight excluding hydrogens is 346 g/mol. The van der Waals surface area contributed by atoms with Crippen molar-refractivity contribution >= 4 is 22.9 Å². The monoisotopic (exact) mass is 360 g/mol. The standard InChI is InChI=1S/C18H14F2N2O2S/c1-10-16(21-17(24-10)15-5-3-7-25-15)18(23)22-6-2-4-12-13(20)8-11(19)9-14(12)22/h3,5,7-9H,2,4,6H2,1H3. The molecule has 25 heavy (non-hydrogen) atoms. The van der Waals surface area contributed by atoms with Crippen LogP contribution in [0.5, 0.6) is 0 Å². The highest BCUT2D eigenvalue weighted by molar-refractivity contribution is 7.13. The highest BCUT2D eigenvalue weighted by Crippen LogP contribution is 2.33. The van der Waals surface area contributed by atoms with Crippen molar-refractivity contribution in [3.63, 3.8) is 0 Å². The van der Waals surface area contributed by atoms with Gasteiger partial charge in [-0.1, -0.05) is 6.07 Å². The largest absolute Gasteiger partial charge is 0.440 e. The van der Waals surface area contributed by atoms with Gasteiger partial charge in [0, 0.05) is 18.2 Å². The van der Waals surface area contributed by atoms with Gasteiger partial charge in [-0.25, -0.2) is 13.8 Å². The van der Waals surface area contributed by atoms with E-state index in [4.69, 9.17) is 4.42 Å². The SMILES string of the molecule is Cc1oc(-c2cccs2)nc1C(=O)N1CCCc2c(F)cc(F)cc21. The lowest BCUT2D eigenvalue weighted by Gasteiger charge is -2.29. The van der Waals surface area contributed by atoms with Crippen molar-refractivity contribution in [3.8, 4) is 10.8 Å². The van der Waals surface area contributed by atoms with Gasteiger partial charge in [0.25, 0.3) is 5.91 Å². The Morgan fingerprint density at radius 3 is 2.96 bits per heavy atom. The van der Waals surface area contributed by atoms with E-state index in [0.717, 1.165) is 10.9 Å². The minimum atomic E-state index is -0.702. The molecule has 0 aliphatic carbocycles. The number of hydrogen-bond acceptors (Lipinski definition) is 4. The van der Waals surface area contributed by atoms with Crippen molar-refractivity contribution in [1.82, 2.24) is 4.98 Å². The number of aromatic nitrogens is 1. The summed E-state index contributed by atoms with van der Waals surface area (Å²) in [6, 6.07) is 5.77. The van der Waals surface area contributed by atoms with Crippen LogP contribution < -0.4 is 4.90 Å². The number of amides is 1. The zero-order valence-electron chi connectivity index (χ0n) is 13.4. The Morgan fingerprint density at radius 2 is 2.20 bits per heavy atom. The van der Waals surface area contributed by atoms with Crippen LogP contribution in [0.25, 0.3) is 10.8 Å². The lowest BCUT2D eigenvalue weighted by Crippen LogP contribution is -2.36. The van der Waals surface area contributed by atoms with Gasteiger partial charge in [-0.15, -0.1) is 11.3 Å². The molecule has 0 atom stereocenters. The van der Waals surface area contributed by atoms with Gasteiger partial charge >= 0.3 is 0 Å². The van der Waals surface area contributed by atoms with Gasteiger partial charge in [0.2, 0.25) is 5.89 Å². The first-order valence-corrected chi connectivity index (χ1v) is 8.73. The van der Waals surface area contributed by atoms with E-state index in [9.17, 15) is 13.6 Å². The molecule has 0 bridgehead atoms. The van der Waals surface area contributed by atoms with Gasteiger partial charge < -0.3 is 9.32 Å². The maximum Gasteiger partial charge on any atom is 0.280 e. The maximum atomic E-state index is 14.0. The number of nitrogens with zero attached hydrogens (tertiary/aromatic N) is 2. The number of carbonyl (C=O) groups is 1. The minimum absolute atomic E-state index is 0.168. The number of aryl methyl sites for hydroxylation is 1. The van der Waals surface area contributed by atoms with Gasteiger partial charge in [0.1, 0.15) is 17.4 Å². The Hall–Kier alpha value is -2.54. The topological polar surface area (TPSA) is 46.3 Å². The molecule has 0 fully saturated rings. The Kier molecular flexibility index (Phi) is 3.88. The van der Waals surface area contributed by atoms with Crippen molar-refractivity contribution in [2.45, 2.75) is 19.8 Å². The molecule has 1 aromatic carbocycles. The van der Waals surface area contributed by atoms with Crippen LogP contribution in [0.1, 0.15) is 28.2 Å². The molecule has 2 aromatic heterocycles. The molecule has 3 heterocycles. The maximum absolute atomic E-state index is 14.0. The fourth-order valence-corrected chi connectivity index (χ4v) is 3.70. The van der Waals surface area contributed by atoms with E-state index in [1.807, 2.05) is 17.5 Å². The van der Waals surface area contributed by atoms with Crippen molar-refractivity contribution in [3.05, 3.63) is 58.3 Å². The summed E-state index contributed by atoms with van der Waals surface area (Å²) in [6.45, 7) is 2.05. The molecule has 0 unspecified atom stereocenters. The molecule has 1 aliphatic heterocycles. The van der Waals surface area contributed by atoms with Crippen LogP contribution >= 0.6 is 11.3 Å². The lowest BCUT2D eigenvalue weighted by atomic mass is 10.0. The number of anilines is 1. The van der Waals surface area contributed by atoms with Crippen molar-refractivity contribution in [2.24, 2.45) is 0 Å². The highest BCUT2D eigenvalue weighted by Gasteiger charge is 2.30. The first kappa shape index (κ1) is 16.0. The van der Waals surface area contributed by atoms with E-state index in [-0.39, 0.29) is 11.4 Å². The Balaban J connectivity index is 1.74. The van der Waals surface area contributed by atoms with Gasteiger partial charge in [0.15, 0.2) is 5.69 Å². The molecular formula is C18H14F2N2O2S. The number of fused-ring (bicyclic) bond motifs is 1. The Morgan fingerprint density at radius 1 is 1.36 bits per heavy atom. The smallest absolute Gasteiger partial charge is 0.280 e. The Bertz CT molecular complexity index is 950. The van der Waals surface area contributed by atoms with E-state index in [1.165, 1.54) is 22.3 Å². The first-order valence-electron chi connectivity index (χ1n) is 7.85. The van der Waals surface area contributed by atoms with Crippen LogP contribution in [0.2, 0.25) is 0 Å². The van der Waals surface area contributed by atoms with Crippen LogP contribution in [0.15, 0.2) is 34.1 Å². The van der Waals surface area contributed by atoms with Crippen molar-refractivity contribution in [2.75, 3.05) is 11.4 Å². The Labute approximate surface area is 146 Å². The summed E-state index contributed by atoms with van der Waals surface area (Å²) in [6.07, 6.45) is 1.08. The number of oxazole rings is 1. The number of carbonyl (C=O) groups excluding carboxylic acids is 1. The number of rotatable bonds is 2. The zero-order valence-corrected chi connectivity index (χ0v) is 14.2. The number of benzene rings is 1. The average Bonchev–Trinajstić information content (AvgIpc) is 3.23. The van der Waals surface area contributed by atoms with Crippen molar-refractivity contribution in [1.29, 1.82) is 0 Å². The van der Waals surface area contributed by atoms with Crippen LogP contribution in [0.4, 0.5) is 14.5 Å². The van der Waals surface area contributed by atoms with E-state index in [1.54, 1.807) is 6.92 Å². The molecule has 0 saturated carbocycles. The summed E-state index contributed by atoms with van der Waals surface area (Å²) in [5.74, 6) is -0.971. The molecule has 4 rings (SSSR count). The predicted molar refractivity (Wildman–Crippen MR) is 90.9 cm³/mol. The van der Waals surface area contributed by atoms with Gasteiger partial charge in [-0.2, -0.15) is 0 Å². The summed E-state index contributed by atoms with van der Waals surface area (Å²) < 4.78 is 33.3.